The van der Waals surface area contributed by atoms with Crippen molar-refractivity contribution in [1.82, 2.24) is 4.90 Å². The van der Waals surface area contributed by atoms with Crippen LogP contribution >= 0.6 is 11.6 Å². The lowest BCUT2D eigenvalue weighted by atomic mass is 9.90. The summed E-state index contributed by atoms with van der Waals surface area (Å²) in [6.45, 7) is 0.684. The Hall–Kier alpha value is -3.64. The van der Waals surface area contributed by atoms with Crippen molar-refractivity contribution in [2.24, 2.45) is 5.92 Å². The monoisotopic (exact) mass is 462 g/mol. The smallest absolute Gasteiger partial charge is 0.407 e. The molecule has 1 aliphatic heterocycles. The van der Waals surface area contributed by atoms with Crippen molar-refractivity contribution in [2.75, 3.05) is 18.4 Å². The SMILES string of the molecule is O=C(Nc1ccc(C(=O)C2CCCN(C(=O)O)C2)cc1)c1ccc(-c2ccc(Cl)cc2)cc1. The quantitative estimate of drug-likeness (QED) is 0.467. The molecule has 0 radical (unpaired) electrons. The molecule has 6 nitrogen and oxygen atoms in total. The van der Waals surface area contributed by atoms with Gasteiger partial charge in [-0.05, 0) is 72.5 Å². The summed E-state index contributed by atoms with van der Waals surface area (Å²) in [6, 6.07) is 21.5. The van der Waals surface area contributed by atoms with Crippen LogP contribution in [0, 0.1) is 5.92 Å². The van der Waals surface area contributed by atoms with E-state index in [1.807, 2.05) is 36.4 Å². The van der Waals surface area contributed by atoms with Crippen LogP contribution in [0.1, 0.15) is 33.6 Å². The molecular weight excluding hydrogens is 440 g/mol. The molecule has 0 bridgehead atoms. The van der Waals surface area contributed by atoms with E-state index in [-0.39, 0.29) is 24.2 Å². The predicted octanol–water partition coefficient (Wildman–Crippen LogP) is 5.83. The van der Waals surface area contributed by atoms with Gasteiger partial charge in [-0.15, -0.1) is 0 Å². The standard InChI is InChI=1S/C26H23ClN2O4/c27-22-11-7-18(8-12-22)17-3-5-20(6-4-17)25(31)28-23-13-9-19(10-14-23)24(30)21-2-1-15-29(16-21)26(32)33/h3-14,21H,1-2,15-16H2,(H,28,31)(H,32,33). The van der Waals surface area contributed by atoms with Gasteiger partial charge in [0.1, 0.15) is 0 Å². The number of piperidine rings is 1. The van der Waals surface area contributed by atoms with Crippen LogP contribution in [0.2, 0.25) is 5.02 Å². The number of anilines is 1. The first-order valence-electron chi connectivity index (χ1n) is 10.7. The number of halogens is 1. The Morgan fingerprint density at radius 2 is 1.42 bits per heavy atom. The zero-order valence-electron chi connectivity index (χ0n) is 17.8. The minimum atomic E-state index is -0.994. The molecule has 0 aromatic heterocycles. The number of benzene rings is 3. The van der Waals surface area contributed by atoms with Gasteiger partial charge in [0.15, 0.2) is 5.78 Å². The minimum absolute atomic E-state index is 0.0726. The molecule has 168 valence electrons. The molecule has 3 aromatic rings. The van der Waals surface area contributed by atoms with Gasteiger partial charge in [0, 0.05) is 40.8 Å². The number of Topliss-reactive ketones (excluding diaryl/α,β-unsaturated/α-hetero) is 1. The van der Waals surface area contributed by atoms with Crippen molar-refractivity contribution in [2.45, 2.75) is 12.8 Å². The summed E-state index contributed by atoms with van der Waals surface area (Å²) in [6.07, 6.45) is 0.354. The van der Waals surface area contributed by atoms with E-state index in [2.05, 4.69) is 5.32 Å². The second kappa shape index (κ2) is 9.88. The number of nitrogens with zero attached hydrogens (tertiary/aromatic N) is 1. The van der Waals surface area contributed by atoms with E-state index in [9.17, 15) is 19.5 Å². The van der Waals surface area contributed by atoms with Crippen LogP contribution in [0.25, 0.3) is 11.1 Å². The highest BCUT2D eigenvalue weighted by Crippen LogP contribution is 2.24. The topological polar surface area (TPSA) is 86.7 Å². The van der Waals surface area contributed by atoms with Gasteiger partial charge in [-0.3, -0.25) is 9.59 Å². The second-order valence-corrected chi connectivity index (χ2v) is 8.48. The van der Waals surface area contributed by atoms with E-state index < -0.39 is 6.09 Å². The fourth-order valence-corrected chi connectivity index (χ4v) is 4.10. The highest BCUT2D eigenvalue weighted by atomic mass is 35.5. The third-order valence-electron chi connectivity index (χ3n) is 5.81. The number of likely N-dealkylation sites (tertiary alicyclic amines) is 1. The lowest BCUT2D eigenvalue weighted by molar-refractivity contribution is 0.0806. The van der Waals surface area contributed by atoms with E-state index in [0.29, 0.717) is 41.2 Å². The molecule has 7 heteroatoms. The average Bonchev–Trinajstić information content (AvgIpc) is 2.84. The van der Waals surface area contributed by atoms with E-state index in [1.165, 1.54) is 4.90 Å². The second-order valence-electron chi connectivity index (χ2n) is 8.05. The molecule has 1 unspecified atom stereocenters. The molecule has 0 saturated carbocycles. The molecule has 4 rings (SSSR count). The summed E-state index contributed by atoms with van der Waals surface area (Å²) in [5, 5.41) is 12.7. The summed E-state index contributed by atoms with van der Waals surface area (Å²) < 4.78 is 0. The van der Waals surface area contributed by atoms with Crippen LogP contribution in [0.5, 0.6) is 0 Å². The van der Waals surface area contributed by atoms with Crippen LogP contribution in [-0.2, 0) is 0 Å². The third kappa shape index (κ3) is 5.41. The largest absolute Gasteiger partial charge is 0.465 e. The van der Waals surface area contributed by atoms with Crippen molar-refractivity contribution in [3.63, 3.8) is 0 Å². The van der Waals surface area contributed by atoms with E-state index >= 15 is 0 Å². The van der Waals surface area contributed by atoms with Gasteiger partial charge >= 0.3 is 6.09 Å². The predicted molar refractivity (Wildman–Crippen MR) is 128 cm³/mol. The van der Waals surface area contributed by atoms with Crippen molar-refractivity contribution in [1.29, 1.82) is 0 Å². The third-order valence-corrected chi connectivity index (χ3v) is 6.07. The highest BCUT2D eigenvalue weighted by Gasteiger charge is 2.28. The van der Waals surface area contributed by atoms with Gasteiger partial charge in [-0.1, -0.05) is 35.9 Å². The number of ketones is 1. The molecule has 2 N–H and O–H groups in total. The number of carbonyl (C=O) groups is 3. The number of nitrogens with one attached hydrogen (secondary N) is 1. The van der Waals surface area contributed by atoms with Gasteiger partial charge in [0.2, 0.25) is 0 Å². The van der Waals surface area contributed by atoms with Crippen LogP contribution in [-0.4, -0.2) is 40.9 Å². The first-order chi connectivity index (χ1) is 15.9. The normalized spacial score (nSPS) is 15.7. The average molecular weight is 463 g/mol. The maximum Gasteiger partial charge on any atom is 0.407 e. The molecule has 1 atom stereocenters. The van der Waals surface area contributed by atoms with Crippen LogP contribution in [0.3, 0.4) is 0 Å². The number of carbonyl (C=O) groups excluding carboxylic acids is 2. The maximum atomic E-state index is 12.8. The molecule has 2 amide bonds. The number of amides is 2. The van der Waals surface area contributed by atoms with E-state index in [1.54, 1.807) is 36.4 Å². The zero-order valence-corrected chi connectivity index (χ0v) is 18.6. The lowest BCUT2D eigenvalue weighted by Crippen LogP contribution is -2.41. The molecule has 33 heavy (non-hydrogen) atoms. The summed E-state index contributed by atoms with van der Waals surface area (Å²) in [4.78, 5) is 37.9. The molecule has 0 spiro atoms. The first kappa shape index (κ1) is 22.6. The number of rotatable bonds is 5. The van der Waals surface area contributed by atoms with Gasteiger partial charge in [0.25, 0.3) is 5.91 Å². The molecule has 1 aliphatic rings. The van der Waals surface area contributed by atoms with E-state index in [0.717, 1.165) is 11.1 Å². The Balaban J connectivity index is 1.38. The lowest BCUT2D eigenvalue weighted by Gasteiger charge is -2.29. The number of hydrogen-bond donors (Lipinski definition) is 2. The molecule has 1 fully saturated rings. The van der Waals surface area contributed by atoms with Crippen molar-refractivity contribution < 1.29 is 19.5 Å². The number of hydrogen-bond acceptors (Lipinski definition) is 3. The van der Waals surface area contributed by atoms with Crippen LogP contribution in [0.15, 0.2) is 72.8 Å². The fraction of sp³-hybridized carbons (Fsp3) is 0.192. The highest BCUT2D eigenvalue weighted by molar-refractivity contribution is 6.30. The Kier molecular flexibility index (Phi) is 6.75. The van der Waals surface area contributed by atoms with Crippen molar-refractivity contribution >= 4 is 35.1 Å². The number of carboxylic acid groups (broad SMARTS) is 1. The first-order valence-corrected chi connectivity index (χ1v) is 11.1. The molecule has 1 heterocycles. The van der Waals surface area contributed by atoms with Crippen LogP contribution in [0.4, 0.5) is 10.5 Å². The fourth-order valence-electron chi connectivity index (χ4n) is 3.98. The molecule has 1 saturated heterocycles. The van der Waals surface area contributed by atoms with Gasteiger partial charge in [-0.25, -0.2) is 4.79 Å². The molecule has 3 aromatic carbocycles. The Morgan fingerprint density at radius 1 is 0.848 bits per heavy atom. The summed E-state index contributed by atoms with van der Waals surface area (Å²) >= 11 is 5.93. The van der Waals surface area contributed by atoms with Gasteiger partial charge < -0.3 is 15.3 Å². The van der Waals surface area contributed by atoms with Crippen molar-refractivity contribution in [3.8, 4) is 11.1 Å². The zero-order chi connectivity index (χ0) is 23.4. The van der Waals surface area contributed by atoms with Crippen LogP contribution < -0.4 is 5.32 Å². The molecular formula is C26H23ClN2O4. The summed E-state index contributed by atoms with van der Waals surface area (Å²) in [7, 11) is 0. The summed E-state index contributed by atoms with van der Waals surface area (Å²) in [5.74, 6) is -0.660. The van der Waals surface area contributed by atoms with Gasteiger partial charge in [-0.2, -0.15) is 0 Å². The van der Waals surface area contributed by atoms with E-state index in [4.69, 9.17) is 11.6 Å². The maximum absolute atomic E-state index is 12.8. The Labute approximate surface area is 196 Å². The molecule has 0 aliphatic carbocycles. The summed E-state index contributed by atoms with van der Waals surface area (Å²) in [5.41, 5.74) is 3.60. The minimum Gasteiger partial charge on any atom is -0.465 e. The Bertz CT molecular complexity index is 1160. The van der Waals surface area contributed by atoms with Crippen molar-refractivity contribution in [3.05, 3.63) is 88.9 Å². The van der Waals surface area contributed by atoms with Gasteiger partial charge in [0.05, 0.1) is 0 Å². The Morgan fingerprint density at radius 3 is 2.03 bits per heavy atom.